The minimum Gasteiger partial charge on any atom is -0.493 e. The number of carbonyl (C=O) groups is 1. The number of fused-ring (bicyclic) bond motifs is 1. The number of hydrogen-bond acceptors (Lipinski definition) is 5. The van der Waals surface area contributed by atoms with Gasteiger partial charge in [-0.25, -0.2) is 5.01 Å². The number of benzene rings is 2. The van der Waals surface area contributed by atoms with E-state index < -0.39 is 0 Å². The average Bonchev–Trinajstić information content (AvgIpc) is 2.85. The van der Waals surface area contributed by atoms with Gasteiger partial charge in [0.1, 0.15) is 0 Å². The Morgan fingerprint density at radius 2 is 1.77 bits per heavy atom. The van der Waals surface area contributed by atoms with E-state index in [1.807, 2.05) is 55.5 Å². The molecule has 0 bridgehead atoms. The van der Waals surface area contributed by atoms with E-state index in [2.05, 4.69) is 6.92 Å². The fraction of sp³-hybridized carbons (Fsp3) is 0.333. The summed E-state index contributed by atoms with van der Waals surface area (Å²) < 4.78 is 11.1. The summed E-state index contributed by atoms with van der Waals surface area (Å²) in [6.45, 7) is 5.70. The van der Waals surface area contributed by atoms with E-state index in [9.17, 15) is 4.79 Å². The average molecular weight is 408 g/mol. The van der Waals surface area contributed by atoms with Gasteiger partial charge in [-0.2, -0.15) is 5.10 Å². The van der Waals surface area contributed by atoms with Crippen molar-refractivity contribution in [1.29, 1.82) is 0 Å². The maximum Gasteiger partial charge on any atom is 0.239 e. The van der Waals surface area contributed by atoms with Crippen LogP contribution in [0, 0.1) is 0 Å². The summed E-state index contributed by atoms with van der Waals surface area (Å²) in [7, 11) is 3.24. The van der Waals surface area contributed by atoms with Crippen LogP contribution in [0.15, 0.2) is 47.6 Å². The summed E-state index contributed by atoms with van der Waals surface area (Å²) >= 11 is 0. The van der Waals surface area contributed by atoms with Crippen LogP contribution in [-0.2, 0) is 4.79 Å². The summed E-state index contributed by atoms with van der Waals surface area (Å²) in [5.41, 5.74) is 10.2. The molecule has 2 unspecified atom stereocenters. The van der Waals surface area contributed by atoms with Crippen LogP contribution in [0.2, 0.25) is 0 Å². The molecule has 0 saturated heterocycles. The van der Waals surface area contributed by atoms with E-state index in [0.29, 0.717) is 22.9 Å². The Morgan fingerprint density at radius 3 is 2.33 bits per heavy atom. The van der Waals surface area contributed by atoms with Crippen LogP contribution in [0.25, 0.3) is 6.08 Å². The van der Waals surface area contributed by atoms with Crippen LogP contribution >= 0.6 is 0 Å². The van der Waals surface area contributed by atoms with Gasteiger partial charge in [0.15, 0.2) is 11.5 Å². The molecule has 1 heterocycles. The summed E-state index contributed by atoms with van der Waals surface area (Å²) in [5.74, 6) is 1.31. The van der Waals surface area contributed by atoms with Crippen LogP contribution in [0.5, 0.6) is 11.5 Å². The third kappa shape index (κ3) is 4.17. The number of nitrogens with zero attached hydrogens (tertiary/aromatic N) is 2. The first-order valence-corrected chi connectivity index (χ1v) is 10.1. The molecule has 6 nitrogen and oxygen atoms in total. The molecule has 1 amide bonds. The molecule has 1 aliphatic rings. The fourth-order valence-electron chi connectivity index (χ4n) is 3.94. The molecule has 2 aromatic rings. The second-order valence-electron chi connectivity index (χ2n) is 7.40. The molecule has 2 N–H and O–H groups in total. The second kappa shape index (κ2) is 9.03. The van der Waals surface area contributed by atoms with Gasteiger partial charge in [0.25, 0.3) is 0 Å². The maximum absolute atomic E-state index is 12.4. The van der Waals surface area contributed by atoms with Crippen molar-refractivity contribution in [1.82, 2.24) is 5.01 Å². The predicted molar refractivity (Wildman–Crippen MR) is 121 cm³/mol. The van der Waals surface area contributed by atoms with Crippen molar-refractivity contribution in [2.75, 3.05) is 20.0 Å². The van der Waals surface area contributed by atoms with Gasteiger partial charge >= 0.3 is 0 Å². The highest BCUT2D eigenvalue weighted by Crippen LogP contribution is 2.39. The number of ether oxygens (including phenoxy) is 2. The largest absolute Gasteiger partial charge is 0.493 e. The molecule has 0 radical (unpaired) electrons. The third-order valence-electron chi connectivity index (χ3n) is 5.55. The molecule has 1 aliphatic heterocycles. The van der Waals surface area contributed by atoms with Crippen molar-refractivity contribution in [3.8, 4) is 11.5 Å². The molecule has 2 aromatic carbocycles. The first-order chi connectivity index (χ1) is 14.4. The zero-order valence-corrected chi connectivity index (χ0v) is 18.2. The molecule has 3 rings (SSSR count). The second-order valence-corrected chi connectivity index (χ2v) is 7.40. The lowest BCUT2D eigenvalue weighted by Crippen LogP contribution is -2.36. The standard InChI is InChI=1S/C24H29N3O3/c1-6-19-15(2)27(16(3)28)26-22(12-9-17-7-10-18(25)11-8-17)21-14-24(30-5)23(29-4)13-20(19)21/h7-15,19H,6,25H2,1-5H3/b12-9+. The van der Waals surface area contributed by atoms with Crippen molar-refractivity contribution in [2.45, 2.75) is 39.2 Å². The molecule has 0 fully saturated rings. The van der Waals surface area contributed by atoms with E-state index in [1.165, 1.54) is 0 Å². The van der Waals surface area contributed by atoms with Gasteiger partial charge < -0.3 is 15.2 Å². The number of nitrogens with two attached hydrogens (primary N) is 1. The Kier molecular flexibility index (Phi) is 6.45. The van der Waals surface area contributed by atoms with Gasteiger partial charge in [0, 0.05) is 24.1 Å². The van der Waals surface area contributed by atoms with Crippen LogP contribution in [-0.4, -0.2) is 36.9 Å². The number of carbonyl (C=O) groups excluding carboxylic acids is 1. The number of anilines is 1. The Hall–Kier alpha value is -3.28. The van der Waals surface area contributed by atoms with Crippen LogP contribution in [0.4, 0.5) is 5.69 Å². The lowest BCUT2D eigenvalue weighted by Gasteiger charge is -2.29. The van der Waals surface area contributed by atoms with E-state index in [-0.39, 0.29) is 17.9 Å². The topological polar surface area (TPSA) is 77.2 Å². The molecular weight excluding hydrogens is 378 g/mol. The highest BCUT2D eigenvalue weighted by Gasteiger charge is 2.32. The van der Waals surface area contributed by atoms with E-state index in [4.69, 9.17) is 20.3 Å². The summed E-state index contributed by atoms with van der Waals surface area (Å²) in [6, 6.07) is 11.5. The van der Waals surface area contributed by atoms with Gasteiger partial charge in [-0.3, -0.25) is 4.79 Å². The molecule has 2 atom stereocenters. The lowest BCUT2D eigenvalue weighted by molar-refractivity contribution is -0.131. The molecule has 158 valence electrons. The number of methoxy groups -OCH3 is 2. The van der Waals surface area contributed by atoms with Crippen molar-refractivity contribution in [3.63, 3.8) is 0 Å². The minimum atomic E-state index is -0.0916. The number of amides is 1. The van der Waals surface area contributed by atoms with Crippen molar-refractivity contribution < 1.29 is 14.3 Å². The molecule has 0 spiro atoms. The Labute approximate surface area is 178 Å². The zero-order valence-electron chi connectivity index (χ0n) is 18.2. The van der Waals surface area contributed by atoms with Crippen LogP contribution < -0.4 is 15.2 Å². The summed E-state index contributed by atoms with van der Waals surface area (Å²) in [5, 5.41) is 6.33. The highest BCUT2D eigenvalue weighted by atomic mass is 16.5. The number of allylic oxidation sites excluding steroid dienone is 1. The first-order valence-electron chi connectivity index (χ1n) is 10.1. The number of nitrogen functional groups attached to an aromatic ring is 1. The van der Waals surface area contributed by atoms with Crippen LogP contribution in [0.1, 0.15) is 49.8 Å². The molecule has 30 heavy (non-hydrogen) atoms. The summed E-state index contributed by atoms with van der Waals surface area (Å²) in [6.07, 6.45) is 4.75. The van der Waals surface area contributed by atoms with Gasteiger partial charge in [-0.05, 0) is 54.8 Å². The zero-order chi connectivity index (χ0) is 21.8. The van der Waals surface area contributed by atoms with Crippen LogP contribution in [0.3, 0.4) is 0 Å². The monoisotopic (exact) mass is 407 g/mol. The molecular formula is C24H29N3O3. The Balaban J connectivity index is 2.20. The normalized spacial score (nSPS) is 18.6. The van der Waals surface area contributed by atoms with E-state index in [1.54, 1.807) is 26.2 Å². The first kappa shape index (κ1) is 21.4. The van der Waals surface area contributed by atoms with Crippen molar-refractivity contribution in [2.24, 2.45) is 5.10 Å². The fourth-order valence-corrected chi connectivity index (χ4v) is 3.94. The highest BCUT2D eigenvalue weighted by molar-refractivity contribution is 6.12. The SMILES string of the molecule is CCC1c2cc(OC)c(OC)cc2C(/C=C/c2ccc(N)cc2)=NN(C(C)=O)C1C. The Morgan fingerprint density at radius 1 is 1.13 bits per heavy atom. The molecule has 0 aromatic heterocycles. The maximum atomic E-state index is 12.4. The van der Waals surface area contributed by atoms with Gasteiger partial charge in [-0.15, -0.1) is 0 Å². The molecule has 0 aliphatic carbocycles. The van der Waals surface area contributed by atoms with Crippen molar-refractivity contribution >= 4 is 23.4 Å². The van der Waals surface area contributed by atoms with E-state index in [0.717, 1.165) is 23.1 Å². The predicted octanol–water partition coefficient (Wildman–Crippen LogP) is 4.45. The van der Waals surface area contributed by atoms with Crippen molar-refractivity contribution in [3.05, 3.63) is 59.2 Å². The lowest BCUT2D eigenvalue weighted by atomic mass is 9.85. The third-order valence-corrected chi connectivity index (χ3v) is 5.55. The summed E-state index contributed by atoms with van der Waals surface area (Å²) in [4.78, 5) is 12.4. The van der Waals surface area contributed by atoms with Gasteiger partial charge in [-0.1, -0.05) is 25.1 Å². The molecule has 0 saturated carbocycles. The van der Waals surface area contributed by atoms with E-state index >= 15 is 0 Å². The quantitative estimate of drug-likeness (QED) is 0.743. The number of hydrazone groups is 1. The smallest absolute Gasteiger partial charge is 0.239 e. The van der Waals surface area contributed by atoms with Gasteiger partial charge in [0.05, 0.1) is 26.0 Å². The molecule has 6 heteroatoms. The van der Waals surface area contributed by atoms with Gasteiger partial charge in [0.2, 0.25) is 5.91 Å². The number of rotatable bonds is 5. The minimum absolute atomic E-state index is 0.0909. The Bertz CT molecular complexity index is 980. The number of hydrogen-bond donors (Lipinski definition) is 1.